The number of hydrogen-bond acceptors (Lipinski definition) is 5. The van der Waals surface area contributed by atoms with Gasteiger partial charge in [-0.1, -0.05) is 12.1 Å². The van der Waals surface area contributed by atoms with Crippen molar-refractivity contribution in [2.24, 2.45) is 0 Å². The molecule has 0 aromatic heterocycles. The van der Waals surface area contributed by atoms with E-state index in [1.807, 2.05) is 6.07 Å². The zero-order valence-corrected chi connectivity index (χ0v) is 16.1. The number of Topliss-reactive ketones (excluding diaryl/α,β-unsaturated/α-hetero) is 2. The summed E-state index contributed by atoms with van der Waals surface area (Å²) in [5.41, 5.74) is 4.81. The zero-order chi connectivity index (χ0) is 19.8. The molecule has 1 heterocycles. The lowest BCUT2D eigenvalue weighted by Crippen LogP contribution is -2.36. The Kier molecular flexibility index (Phi) is 4.84. The number of carbonyl (C=O) groups excluding carboxylic acids is 2. The fraction of sp³-hybridized carbons (Fsp3) is 0.391. The van der Waals surface area contributed by atoms with Gasteiger partial charge in [-0.05, 0) is 43.7 Å². The van der Waals surface area contributed by atoms with Crippen LogP contribution in [-0.4, -0.2) is 23.8 Å². The van der Waals surface area contributed by atoms with E-state index in [2.05, 4.69) is 11.9 Å². The first-order valence-electron chi connectivity index (χ1n) is 9.85. The number of allylic oxidation sites excluding steroid dienone is 5. The summed E-state index contributed by atoms with van der Waals surface area (Å²) in [7, 11) is 1.51. The van der Waals surface area contributed by atoms with Crippen molar-refractivity contribution in [1.29, 1.82) is 0 Å². The third kappa shape index (κ3) is 2.95. The molecule has 5 heteroatoms. The van der Waals surface area contributed by atoms with Crippen LogP contribution >= 0.6 is 0 Å². The molecule has 0 amide bonds. The molecular weight excluding hydrogens is 354 g/mol. The number of methoxy groups -OCH3 is 1. The van der Waals surface area contributed by atoms with Crippen LogP contribution in [0.1, 0.15) is 55.6 Å². The van der Waals surface area contributed by atoms with E-state index in [1.165, 1.54) is 7.11 Å². The number of phenolic OH excluding ortho intramolecular Hbond substituents is 1. The summed E-state index contributed by atoms with van der Waals surface area (Å²) in [4.78, 5) is 25.8. The van der Waals surface area contributed by atoms with Crippen molar-refractivity contribution in [3.63, 3.8) is 0 Å². The van der Waals surface area contributed by atoms with Crippen molar-refractivity contribution in [2.45, 2.75) is 50.9 Å². The molecule has 0 unspecified atom stereocenters. The Morgan fingerprint density at radius 1 is 1.11 bits per heavy atom. The Balaban J connectivity index is 1.94. The Labute approximate surface area is 164 Å². The highest BCUT2D eigenvalue weighted by Crippen LogP contribution is 2.47. The average Bonchev–Trinajstić information content (AvgIpc) is 2.69. The summed E-state index contributed by atoms with van der Waals surface area (Å²) in [6.07, 6.45) is 6.48. The van der Waals surface area contributed by atoms with Gasteiger partial charge in [-0.15, -0.1) is 6.58 Å². The molecule has 0 saturated carbocycles. The Hall–Kier alpha value is -2.82. The van der Waals surface area contributed by atoms with Crippen LogP contribution in [0.4, 0.5) is 0 Å². The van der Waals surface area contributed by atoms with Crippen LogP contribution in [-0.2, 0) is 16.0 Å². The number of hydrogen-bond donors (Lipinski definition) is 2. The third-order valence-electron chi connectivity index (χ3n) is 5.89. The molecule has 1 aromatic rings. The molecule has 0 saturated heterocycles. The number of aromatic hydroxyl groups is 1. The number of benzene rings is 1. The van der Waals surface area contributed by atoms with Crippen LogP contribution in [0.2, 0.25) is 0 Å². The summed E-state index contributed by atoms with van der Waals surface area (Å²) >= 11 is 0. The maximum atomic E-state index is 12.9. The highest BCUT2D eigenvalue weighted by molar-refractivity contribution is 6.06. The topological polar surface area (TPSA) is 75.6 Å². The van der Waals surface area contributed by atoms with Crippen molar-refractivity contribution in [2.75, 3.05) is 7.11 Å². The minimum absolute atomic E-state index is 0.0773. The van der Waals surface area contributed by atoms with Crippen LogP contribution in [0, 0.1) is 0 Å². The second-order valence-corrected chi connectivity index (χ2v) is 7.62. The monoisotopic (exact) mass is 379 g/mol. The molecule has 146 valence electrons. The van der Waals surface area contributed by atoms with Gasteiger partial charge in [0.25, 0.3) is 0 Å². The molecule has 28 heavy (non-hydrogen) atoms. The SMILES string of the molecule is C=CCc1cc(C2C3=C(CCCC3=O)NC3=C2C(=O)CCC3)cc(OC)c1O. The van der Waals surface area contributed by atoms with Gasteiger partial charge in [0.05, 0.1) is 7.11 Å². The van der Waals surface area contributed by atoms with Gasteiger partial charge in [0.1, 0.15) is 0 Å². The number of rotatable bonds is 4. The van der Waals surface area contributed by atoms with Crippen molar-refractivity contribution in [3.05, 3.63) is 58.5 Å². The zero-order valence-electron chi connectivity index (χ0n) is 16.1. The van der Waals surface area contributed by atoms with Crippen molar-refractivity contribution < 1.29 is 19.4 Å². The summed E-state index contributed by atoms with van der Waals surface area (Å²) in [5, 5.41) is 13.9. The fourth-order valence-corrected chi connectivity index (χ4v) is 4.64. The van der Waals surface area contributed by atoms with Gasteiger partial charge in [0.2, 0.25) is 0 Å². The normalized spacial score (nSPS) is 19.9. The lowest BCUT2D eigenvalue weighted by molar-refractivity contribution is -0.116. The van der Waals surface area contributed by atoms with E-state index >= 15 is 0 Å². The first-order valence-corrected chi connectivity index (χ1v) is 9.85. The third-order valence-corrected chi connectivity index (χ3v) is 5.89. The molecule has 2 N–H and O–H groups in total. The largest absolute Gasteiger partial charge is 0.504 e. The van der Waals surface area contributed by atoms with E-state index < -0.39 is 5.92 Å². The van der Waals surface area contributed by atoms with Crippen molar-refractivity contribution in [3.8, 4) is 11.5 Å². The van der Waals surface area contributed by atoms with Gasteiger partial charge in [-0.2, -0.15) is 0 Å². The minimum atomic E-state index is -0.398. The Morgan fingerprint density at radius 2 is 1.71 bits per heavy atom. The standard InChI is InChI=1S/C23H25NO4/c1-3-6-13-11-14(12-19(28-2)23(13)27)20-21-15(7-4-9-17(21)25)24-16-8-5-10-18(26)22(16)20/h3,11-12,20,24,27H,1,4-10H2,2H3. The lowest BCUT2D eigenvalue weighted by atomic mass is 9.71. The summed E-state index contributed by atoms with van der Waals surface area (Å²) in [5.74, 6) is 0.226. The Bertz CT molecular complexity index is 896. The van der Waals surface area contributed by atoms with Gasteiger partial charge in [0, 0.05) is 46.9 Å². The molecule has 0 bridgehead atoms. The number of carbonyl (C=O) groups is 2. The van der Waals surface area contributed by atoms with Crippen LogP contribution < -0.4 is 10.1 Å². The van der Waals surface area contributed by atoms with Crippen LogP contribution in [0.5, 0.6) is 11.5 Å². The number of ketones is 2. The molecule has 0 fully saturated rings. The lowest BCUT2D eigenvalue weighted by Gasteiger charge is -2.37. The molecule has 2 aliphatic carbocycles. The predicted molar refractivity (Wildman–Crippen MR) is 106 cm³/mol. The molecular formula is C23H25NO4. The van der Waals surface area contributed by atoms with Gasteiger partial charge >= 0.3 is 0 Å². The molecule has 1 aliphatic heterocycles. The van der Waals surface area contributed by atoms with Crippen molar-refractivity contribution >= 4 is 11.6 Å². The number of dihydropyridines is 1. The second kappa shape index (κ2) is 7.30. The molecule has 4 rings (SSSR count). The second-order valence-electron chi connectivity index (χ2n) is 7.62. The van der Waals surface area contributed by atoms with E-state index in [-0.39, 0.29) is 17.3 Å². The smallest absolute Gasteiger partial charge is 0.161 e. The molecule has 0 spiro atoms. The van der Waals surface area contributed by atoms with Crippen LogP contribution in [0.25, 0.3) is 0 Å². The van der Waals surface area contributed by atoms with Gasteiger partial charge < -0.3 is 15.2 Å². The molecule has 5 nitrogen and oxygen atoms in total. The highest BCUT2D eigenvalue weighted by Gasteiger charge is 2.40. The van der Waals surface area contributed by atoms with Crippen LogP contribution in [0.15, 0.2) is 47.3 Å². The fourth-order valence-electron chi connectivity index (χ4n) is 4.64. The predicted octanol–water partition coefficient (Wildman–Crippen LogP) is 3.83. The maximum absolute atomic E-state index is 12.9. The van der Waals surface area contributed by atoms with Crippen LogP contribution in [0.3, 0.4) is 0 Å². The molecule has 0 atom stereocenters. The van der Waals surface area contributed by atoms with E-state index in [0.29, 0.717) is 41.7 Å². The first kappa shape index (κ1) is 18.5. The van der Waals surface area contributed by atoms with Gasteiger partial charge in [0.15, 0.2) is 23.1 Å². The maximum Gasteiger partial charge on any atom is 0.161 e. The highest BCUT2D eigenvalue weighted by atomic mass is 16.5. The number of ether oxygens (including phenoxy) is 1. The summed E-state index contributed by atoms with van der Waals surface area (Å²) in [6, 6.07) is 3.64. The van der Waals surface area contributed by atoms with Gasteiger partial charge in [-0.3, -0.25) is 9.59 Å². The Morgan fingerprint density at radius 3 is 2.25 bits per heavy atom. The molecule has 0 radical (unpaired) electrons. The van der Waals surface area contributed by atoms with E-state index in [0.717, 1.165) is 42.6 Å². The first-order chi connectivity index (χ1) is 13.5. The minimum Gasteiger partial charge on any atom is -0.504 e. The number of nitrogens with one attached hydrogen (secondary N) is 1. The number of phenols is 1. The average molecular weight is 379 g/mol. The molecule has 1 aromatic carbocycles. The quantitative estimate of drug-likeness (QED) is 0.778. The van der Waals surface area contributed by atoms with E-state index in [9.17, 15) is 14.7 Å². The van der Waals surface area contributed by atoms with Gasteiger partial charge in [-0.25, -0.2) is 0 Å². The van der Waals surface area contributed by atoms with Crippen molar-refractivity contribution in [1.82, 2.24) is 5.32 Å². The molecule has 3 aliphatic rings. The van der Waals surface area contributed by atoms with E-state index in [1.54, 1.807) is 12.1 Å². The summed E-state index contributed by atoms with van der Waals surface area (Å²) in [6.45, 7) is 3.76. The van der Waals surface area contributed by atoms with E-state index in [4.69, 9.17) is 4.74 Å². The summed E-state index contributed by atoms with van der Waals surface area (Å²) < 4.78 is 5.39.